The smallest absolute Gasteiger partial charge is 0.399 e. The lowest BCUT2D eigenvalue weighted by atomic mass is 9.67. The number of rotatable bonds is 2. The van der Waals surface area contributed by atoms with Crippen LogP contribution >= 0.6 is 11.3 Å². The molecule has 1 aromatic rings. The summed E-state index contributed by atoms with van der Waals surface area (Å²) < 4.78 is 24.7. The summed E-state index contributed by atoms with van der Waals surface area (Å²) in [6, 6.07) is 0. The van der Waals surface area contributed by atoms with Gasteiger partial charge in [-0.25, -0.2) is 0 Å². The highest BCUT2D eigenvalue weighted by atomic mass is 32.1. The average Bonchev–Trinajstić information content (AvgIpc) is 2.96. The minimum absolute atomic E-state index is 0.354. The summed E-state index contributed by atoms with van der Waals surface area (Å²) >= 11 is 1.62. The molecule has 0 spiro atoms. The van der Waals surface area contributed by atoms with E-state index in [9.17, 15) is 0 Å². The van der Waals surface area contributed by atoms with E-state index in [1.165, 1.54) is 0 Å². The summed E-state index contributed by atoms with van der Waals surface area (Å²) in [6.07, 6.45) is 0. The molecule has 7 heteroatoms. The van der Waals surface area contributed by atoms with Gasteiger partial charge in [0.1, 0.15) is 0 Å². The highest BCUT2D eigenvalue weighted by Crippen LogP contribution is 2.38. The Hall–Kier alpha value is -0.330. The summed E-state index contributed by atoms with van der Waals surface area (Å²) in [7, 11) is -0.777. The minimum Gasteiger partial charge on any atom is -0.399 e. The van der Waals surface area contributed by atoms with Gasteiger partial charge in [0.05, 0.1) is 22.4 Å². The first kappa shape index (κ1) is 17.5. The van der Waals surface area contributed by atoms with E-state index in [2.05, 4.69) is 66.2 Å². The predicted molar refractivity (Wildman–Crippen MR) is 95.8 cm³/mol. The molecule has 3 rings (SSSR count). The maximum absolute atomic E-state index is 6.19. The molecule has 0 aliphatic carbocycles. The van der Waals surface area contributed by atoms with Crippen LogP contribution in [-0.2, 0) is 18.6 Å². The topological polar surface area (TPSA) is 36.9 Å². The van der Waals surface area contributed by atoms with Crippen molar-refractivity contribution in [3.05, 3.63) is 10.8 Å². The highest BCUT2D eigenvalue weighted by Gasteiger charge is 2.56. The van der Waals surface area contributed by atoms with Crippen molar-refractivity contribution in [2.45, 2.75) is 77.8 Å². The van der Waals surface area contributed by atoms with Crippen LogP contribution in [0.5, 0.6) is 0 Å². The highest BCUT2D eigenvalue weighted by molar-refractivity contribution is 7.11. The summed E-state index contributed by atoms with van der Waals surface area (Å²) in [5, 5.41) is 4.14. The fourth-order valence-corrected chi connectivity index (χ4v) is 3.50. The van der Waals surface area contributed by atoms with Gasteiger partial charge in [-0.2, -0.15) is 11.3 Å². The summed E-state index contributed by atoms with van der Waals surface area (Å²) in [5.41, 5.74) is 0.596. The molecule has 0 bridgehead atoms. The second-order valence-corrected chi connectivity index (χ2v) is 9.20. The third-order valence-corrected chi connectivity index (χ3v) is 6.52. The zero-order chi connectivity index (χ0) is 17.3. The lowest BCUT2D eigenvalue weighted by Crippen LogP contribution is -2.49. The Morgan fingerprint density at radius 3 is 1.13 bits per heavy atom. The van der Waals surface area contributed by atoms with Crippen molar-refractivity contribution in [1.82, 2.24) is 0 Å². The van der Waals surface area contributed by atoms with E-state index in [0.717, 1.165) is 10.9 Å². The van der Waals surface area contributed by atoms with Crippen LogP contribution in [0.3, 0.4) is 0 Å². The number of hydrogen-bond acceptors (Lipinski definition) is 5. The Morgan fingerprint density at radius 2 is 0.870 bits per heavy atom. The van der Waals surface area contributed by atoms with Gasteiger partial charge in [0, 0.05) is 0 Å². The van der Waals surface area contributed by atoms with Crippen LogP contribution in [-0.4, -0.2) is 36.6 Å². The quantitative estimate of drug-likeness (QED) is 0.777. The Morgan fingerprint density at radius 1 is 0.609 bits per heavy atom. The lowest BCUT2D eigenvalue weighted by molar-refractivity contribution is 0.00578. The molecule has 0 amide bonds. The molecule has 2 saturated heterocycles. The molecular weight excluding hydrogens is 310 g/mol. The van der Waals surface area contributed by atoms with Crippen LogP contribution in [0.25, 0.3) is 0 Å². The van der Waals surface area contributed by atoms with Crippen molar-refractivity contribution in [1.29, 1.82) is 0 Å². The van der Waals surface area contributed by atoms with E-state index in [0.29, 0.717) is 0 Å². The normalized spacial score (nSPS) is 27.7. The molecule has 2 aliphatic heterocycles. The molecule has 0 unspecified atom stereocenters. The minimum atomic E-state index is -0.389. The molecule has 0 atom stereocenters. The first-order valence-corrected chi connectivity index (χ1v) is 9.08. The van der Waals surface area contributed by atoms with Crippen LogP contribution in [0.4, 0.5) is 0 Å². The van der Waals surface area contributed by atoms with Gasteiger partial charge in [-0.3, -0.25) is 0 Å². The zero-order valence-electron chi connectivity index (χ0n) is 15.4. The van der Waals surface area contributed by atoms with Crippen molar-refractivity contribution in [2.75, 3.05) is 0 Å². The monoisotopic (exact) mass is 336 g/mol. The standard InChI is InChI=1S/C16H26B2O4S/c1-13(2)14(3,4)20-17(19-13)11-9-23-10-12(11)18-21-15(5,6)16(7,8)22-18/h9-10H,1-8H3. The molecule has 0 N–H and O–H groups in total. The predicted octanol–water partition coefficient (Wildman–Crippen LogP) is 2.35. The van der Waals surface area contributed by atoms with Crippen molar-refractivity contribution in [2.24, 2.45) is 0 Å². The Labute approximate surface area is 144 Å². The van der Waals surface area contributed by atoms with Crippen LogP contribution in [0.15, 0.2) is 10.8 Å². The van der Waals surface area contributed by atoms with Crippen molar-refractivity contribution in [3.8, 4) is 0 Å². The van der Waals surface area contributed by atoms with Crippen LogP contribution in [0, 0.1) is 0 Å². The number of hydrogen-bond donors (Lipinski definition) is 0. The van der Waals surface area contributed by atoms with Crippen LogP contribution < -0.4 is 10.9 Å². The van der Waals surface area contributed by atoms with Gasteiger partial charge in [-0.05, 0) is 77.1 Å². The zero-order valence-corrected chi connectivity index (χ0v) is 16.2. The van der Waals surface area contributed by atoms with E-state index in [1.807, 2.05) is 0 Å². The van der Waals surface area contributed by atoms with Gasteiger partial charge >= 0.3 is 14.2 Å². The molecule has 2 fully saturated rings. The molecule has 126 valence electrons. The SMILES string of the molecule is CC1(C)OB(c2cscc2B2OC(C)(C)C(C)(C)O2)OC1(C)C. The van der Waals surface area contributed by atoms with Crippen molar-refractivity contribution < 1.29 is 18.6 Å². The molecule has 2 aliphatic rings. The molecule has 3 heterocycles. The van der Waals surface area contributed by atoms with Gasteiger partial charge in [0.15, 0.2) is 0 Å². The van der Waals surface area contributed by atoms with Crippen LogP contribution in [0.1, 0.15) is 55.4 Å². The molecule has 4 nitrogen and oxygen atoms in total. The van der Waals surface area contributed by atoms with E-state index >= 15 is 0 Å². The average molecular weight is 336 g/mol. The fraction of sp³-hybridized carbons (Fsp3) is 0.750. The third-order valence-electron chi connectivity index (χ3n) is 5.74. The second kappa shape index (κ2) is 5.08. The van der Waals surface area contributed by atoms with E-state index in [-0.39, 0.29) is 36.6 Å². The maximum atomic E-state index is 6.19. The Bertz CT molecular complexity index is 526. The molecule has 0 aromatic carbocycles. The van der Waals surface area contributed by atoms with Gasteiger partial charge in [0.2, 0.25) is 0 Å². The Kier molecular flexibility index (Phi) is 3.87. The molecule has 0 saturated carbocycles. The van der Waals surface area contributed by atoms with E-state index in [1.54, 1.807) is 11.3 Å². The lowest BCUT2D eigenvalue weighted by Gasteiger charge is -2.32. The molecular formula is C16H26B2O4S. The van der Waals surface area contributed by atoms with Gasteiger partial charge in [-0.1, -0.05) is 0 Å². The van der Waals surface area contributed by atoms with Gasteiger partial charge in [-0.15, -0.1) is 0 Å². The van der Waals surface area contributed by atoms with E-state index in [4.69, 9.17) is 18.6 Å². The molecule has 23 heavy (non-hydrogen) atoms. The molecule has 1 aromatic heterocycles. The van der Waals surface area contributed by atoms with Crippen molar-refractivity contribution in [3.63, 3.8) is 0 Å². The fourth-order valence-electron chi connectivity index (χ4n) is 2.64. The summed E-state index contributed by atoms with van der Waals surface area (Å²) in [6.45, 7) is 16.5. The van der Waals surface area contributed by atoms with Crippen LogP contribution in [0.2, 0.25) is 0 Å². The Balaban J connectivity index is 1.88. The number of thiophene rings is 1. The van der Waals surface area contributed by atoms with E-state index < -0.39 is 0 Å². The second-order valence-electron chi connectivity index (χ2n) is 8.46. The van der Waals surface area contributed by atoms with Gasteiger partial charge < -0.3 is 18.6 Å². The largest absolute Gasteiger partial charge is 0.495 e. The van der Waals surface area contributed by atoms with Gasteiger partial charge in [0.25, 0.3) is 0 Å². The third kappa shape index (κ3) is 2.71. The summed E-state index contributed by atoms with van der Waals surface area (Å²) in [5.74, 6) is 0. The maximum Gasteiger partial charge on any atom is 0.495 e. The first-order valence-electron chi connectivity index (χ1n) is 8.14. The molecule has 0 radical (unpaired) electrons. The van der Waals surface area contributed by atoms with Crippen molar-refractivity contribution >= 4 is 36.5 Å². The first-order chi connectivity index (χ1) is 10.4. The summed E-state index contributed by atoms with van der Waals surface area (Å²) in [4.78, 5) is 0.